The summed E-state index contributed by atoms with van der Waals surface area (Å²) in [4.78, 5) is 12.5. The molecule has 1 N–H and O–H groups in total. The summed E-state index contributed by atoms with van der Waals surface area (Å²) in [5, 5.41) is 5.49. The molecule has 1 aromatic carbocycles. The molecule has 0 amide bonds. The molecular formula is C14H15NOS. The third kappa shape index (κ3) is 2.94. The Hall–Kier alpha value is -1.61. The van der Waals surface area contributed by atoms with E-state index in [2.05, 4.69) is 29.8 Å². The van der Waals surface area contributed by atoms with Gasteiger partial charge in [0, 0.05) is 16.1 Å². The SMILES string of the molecule is CC(=O)c1ccc(NC(C)c2cccs2)cc1. The van der Waals surface area contributed by atoms with Crippen molar-refractivity contribution in [3.63, 3.8) is 0 Å². The molecular weight excluding hydrogens is 230 g/mol. The number of ketones is 1. The van der Waals surface area contributed by atoms with E-state index in [1.54, 1.807) is 18.3 Å². The number of hydrogen-bond acceptors (Lipinski definition) is 3. The zero-order valence-electron chi connectivity index (χ0n) is 9.94. The summed E-state index contributed by atoms with van der Waals surface area (Å²) in [5.74, 6) is 0.0999. The molecule has 0 spiro atoms. The summed E-state index contributed by atoms with van der Waals surface area (Å²) in [7, 11) is 0. The predicted octanol–water partition coefficient (Wildman–Crippen LogP) is 4.12. The van der Waals surface area contributed by atoms with Crippen LogP contribution in [0, 0.1) is 0 Å². The Kier molecular flexibility index (Phi) is 3.59. The number of rotatable bonds is 4. The van der Waals surface area contributed by atoms with Gasteiger partial charge in [-0.15, -0.1) is 11.3 Å². The number of anilines is 1. The molecule has 17 heavy (non-hydrogen) atoms. The van der Waals surface area contributed by atoms with Crippen molar-refractivity contribution in [3.8, 4) is 0 Å². The van der Waals surface area contributed by atoms with Crippen LogP contribution < -0.4 is 5.32 Å². The highest BCUT2D eigenvalue weighted by molar-refractivity contribution is 7.10. The first-order valence-electron chi connectivity index (χ1n) is 5.58. The maximum absolute atomic E-state index is 11.1. The first-order valence-corrected chi connectivity index (χ1v) is 6.46. The van der Waals surface area contributed by atoms with Crippen molar-refractivity contribution in [1.82, 2.24) is 0 Å². The maximum atomic E-state index is 11.1. The van der Waals surface area contributed by atoms with Gasteiger partial charge >= 0.3 is 0 Å². The van der Waals surface area contributed by atoms with Crippen LogP contribution in [0.5, 0.6) is 0 Å². The summed E-state index contributed by atoms with van der Waals surface area (Å²) in [6.07, 6.45) is 0. The van der Waals surface area contributed by atoms with Gasteiger partial charge < -0.3 is 5.32 Å². The summed E-state index contributed by atoms with van der Waals surface area (Å²) in [5.41, 5.74) is 1.79. The zero-order chi connectivity index (χ0) is 12.3. The third-order valence-electron chi connectivity index (χ3n) is 2.64. The minimum Gasteiger partial charge on any atom is -0.378 e. The Morgan fingerprint density at radius 2 is 1.94 bits per heavy atom. The second kappa shape index (κ2) is 5.15. The van der Waals surface area contributed by atoms with Gasteiger partial charge in [-0.3, -0.25) is 4.79 Å². The number of carbonyl (C=O) groups excluding carboxylic acids is 1. The van der Waals surface area contributed by atoms with Gasteiger partial charge in [-0.05, 0) is 49.6 Å². The van der Waals surface area contributed by atoms with Gasteiger partial charge in [0.2, 0.25) is 0 Å². The van der Waals surface area contributed by atoms with Crippen molar-refractivity contribution in [1.29, 1.82) is 0 Å². The minimum atomic E-state index is 0.0999. The topological polar surface area (TPSA) is 29.1 Å². The van der Waals surface area contributed by atoms with E-state index in [1.165, 1.54) is 4.88 Å². The smallest absolute Gasteiger partial charge is 0.159 e. The molecule has 0 saturated heterocycles. The molecule has 1 unspecified atom stereocenters. The van der Waals surface area contributed by atoms with Crippen LogP contribution in [-0.2, 0) is 0 Å². The van der Waals surface area contributed by atoms with Crippen LogP contribution in [0.15, 0.2) is 41.8 Å². The Bertz CT molecular complexity index is 487. The fourth-order valence-corrected chi connectivity index (χ4v) is 2.39. The molecule has 1 heterocycles. The summed E-state index contributed by atoms with van der Waals surface area (Å²) in [6.45, 7) is 3.71. The highest BCUT2D eigenvalue weighted by atomic mass is 32.1. The molecule has 0 aliphatic carbocycles. The number of nitrogens with one attached hydrogen (secondary N) is 1. The molecule has 0 saturated carbocycles. The monoisotopic (exact) mass is 245 g/mol. The number of benzene rings is 1. The lowest BCUT2D eigenvalue weighted by atomic mass is 10.1. The van der Waals surface area contributed by atoms with Crippen LogP contribution in [0.1, 0.15) is 35.1 Å². The Morgan fingerprint density at radius 1 is 1.24 bits per heavy atom. The largest absolute Gasteiger partial charge is 0.378 e. The van der Waals surface area contributed by atoms with E-state index in [-0.39, 0.29) is 11.8 Å². The van der Waals surface area contributed by atoms with E-state index in [1.807, 2.05) is 24.3 Å². The van der Waals surface area contributed by atoms with E-state index >= 15 is 0 Å². The van der Waals surface area contributed by atoms with E-state index in [0.29, 0.717) is 0 Å². The molecule has 0 fully saturated rings. The molecule has 1 atom stereocenters. The molecule has 3 heteroatoms. The van der Waals surface area contributed by atoms with E-state index in [9.17, 15) is 4.79 Å². The molecule has 2 rings (SSSR count). The van der Waals surface area contributed by atoms with Crippen molar-refractivity contribution >= 4 is 22.8 Å². The van der Waals surface area contributed by atoms with Gasteiger partial charge in [0.25, 0.3) is 0 Å². The summed E-state index contributed by atoms with van der Waals surface area (Å²) in [6, 6.07) is 12.1. The molecule has 0 aliphatic heterocycles. The van der Waals surface area contributed by atoms with Gasteiger partial charge in [0.15, 0.2) is 5.78 Å². The van der Waals surface area contributed by atoms with E-state index < -0.39 is 0 Å². The van der Waals surface area contributed by atoms with Crippen molar-refractivity contribution in [2.75, 3.05) is 5.32 Å². The molecule has 2 aromatic rings. The van der Waals surface area contributed by atoms with Crippen LogP contribution in [0.3, 0.4) is 0 Å². The number of Topliss-reactive ketones (excluding diaryl/α,β-unsaturated/α-hetero) is 1. The standard InChI is InChI=1S/C14H15NOS/c1-10(14-4-3-9-17-14)15-13-7-5-12(6-8-13)11(2)16/h3-10,15H,1-2H3. The average molecular weight is 245 g/mol. The molecule has 88 valence electrons. The fraction of sp³-hybridized carbons (Fsp3) is 0.214. The van der Waals surface area contributed by atoms with E-state index in [0.717, 1.165) is 11.3 Å². The predicted molar refractivity (Wildman–Crippen MR) is 72.8 cm³/mol. The minimum absolute atomic E-state index is 0.0999. The Balaban J connectivity index is 2.06. The van der Waals surface area contributed by atoms with Crippen molar-refractivity contribution in [2.24, 2.45) is 0 Å². The van der Waals surface area contributed by atoms with Gasteiger partial charge in [-0.25, -0.2) is 0 Å². The average Bonchev–Trinajstić information content (AvgIpc) is 2.83. The van der Waals surface area contributed by atoms with Gasteiger partial charge in [0.05, 0.1) is 6.04 Å². The van der Waals surface area contributed by atoms with Crippen molar-refractivity contribution in [2.45, 2.75) is 19.9 Å². The quantitative estimate of drug-likeness (QED) is 0.821. The molecule has 1 aromatic heterocycles. The highest BCUT2D eigenvalue weighted by Crippen LogP contribution is 2.23. The van der Waals surface area contributed by atoms with Gasteiger partial charge in [-0.2, -0.15) is 0 Å². The molecule has 2 nitrogen and oxygen atoms in total. The van der Waals surface area contributed by atoms with Crippen LogP contribution in [0.4, 0.5) is 5.69 Å². The summed E-state index contributed by atoms with van der Waals surface area (Å²) < 4.78 is 0. The molecule has 0 aliphatic rings. The lowest BCUT2D eigenvalue weighted by Gasteiger charge is -2.13. The van der Waals surface area contributed by atoms with Crippen LogP contribution in [-0.4, -0.2) is 5.78 Å². The molecule has 0 radical (unpaired) electrons. The normalized spacial score (nSPS) is 12.1. The summed E-state index contributed by atoms with van der Waals surface area (Å²) >= 11 is 1.74. The third-order valence-corrected chi connectivity index (χ3v) is 3.70. The number of thiophene rings is 1. The Morgan fingerprint density at radius 3 is 2.47 bits per heavy atom. The molecule has 0 bridgehead atoms. The first kappa shape index (κ1) is 11.9. The Labute approximate surface area is 105 Å². The lowest BCUT2D eigenvalue weighted by Crippen LogP contribution is -2.04. The van der Waals surface area contributed by atoms with Crippen molar-refractivity contribution < 1.29 is 4.79 Å². The maximum Gasteiger partial charge on any atom is 0.159 e. The van der Waals surface area contributed by atoms with Gasteiger partial charge in [-0.1, -0.05) is 6.07 Å². The second-order valence-electron chi connectivity index (χ2n) is 4.01. The first-order chi connectivity index (χ1) is 8.16. The van der Waals surface area contributed by atoms with Crippen molar-refractivity contribution in [3.05, 3.63) is 52.2 Å². The number of carbonyl (C=O) groups is 1. The fourth-order valence-electron chi connectivity index (χ4n) is 1.66. The zero-order valence-corrected chi connectivity index (χ0v) is 10.8. The second-order valence-corrected chi connectivity index (χ2v) is 4.99. The van der Waals surface area contributed by atoms with Crippen LogP contribution >= 0.6 is 11.3 Å². The number of hydrogen-bond donors (Lipinski definition) is 1. The van der Waals surface area contributed by atoms with E-state index in [4.69, 9.17) is 0 Å². The van der Waals surface area contributed by atoms with Gasteiger partial charge in [0.1, 0.15) is 0 Å². The lowest BCUT2D eigenvalue weighted by molar-refractivity contribution is 0.101. The highest BCUT2D eigenvalue weighted by Gasteiger charge is 2.06. The van der Waals surface area contributed by atoms with Crippen LogP contribution in [0.25, 0.3) is 0 Å². The van der Waals surface area contributed by atoms with Crippen LogP contribution in [0.2, 0.25) is 0 Å².